The van der Waals surface area contributed by atoms with Crippen LogP contribution in [0.3, 0.4) is 0 Å². The zero-order chi connectivity index (χ0) is 14.4. The lowest BCUT2D eigenvalue weighted by Crippen LogP contribution is -2.33. The number of hydrogen-bond donors (Lipinski definition) is 2. The minimum Gasteiger partial charge on any atom is -0.396 e. The molecule has 0 aliphatic carbocycles. The Hall–Kier alpha value is -1.62. The predicted molar refractivity (Wildman–Crippen MR) is 74.4 cm³/mol. The van der Waals surface area contributed by atoms with Crippen LogP contribution in [0, 0.1) is 13.8 Å². The molecule has 0 atom stereocenters. The highest BCUT2D eigenvalue weighted by atomic mass is 16.3. The molecule has 1 aromatic heterocycles. The van der Waals surface area contributed by atoms with Gasteiger partial charge in [0.2, 0.25) is 0 Å². The molecule has 19 heavy (non-hydrogen) atoms. The first kappa shape index (κ1) is 15.4. The van der Waals surface area contributed by atoms with Gasteiger partial charge in [0.25, 0.3) is 11.5 Å². The van der Waals surface area contributed by atoms with Crippen molar-refractivity contribution in [1.82, 2.24) is 9.88 Å². The van der Waals surface area contributed by atoms with Crippen molar-refractivity contribution < 1.29 is 9.90 Å². The van der Waals surface area contributed by atoms with E-state index in [9.17, 15) is 9.59 Å². The molecule has 0 unspecified atom stereocenters. The van der Waals surface area contributed by atoms with Crippen LogP contribution in [0.5, 0.6) is 0 Å². The van der Waals surface area contributed by atoms with Crippen LogP contribution in [0.2, 0.25) is 0 Å². The number of carbonyl (C=O) groups excluding carboxylic acids is 1. The lowest BCUT2D eigenvalue weighted by Gasteiger charge is -2.17. The average Bonchev–Trinajstić information content (AvgIpc) is 2.33. The van der Waals surface area contributed by atoms with E-state index in [1.54, 1.807) is 31.9 Å². The Balaban J connectivity index is 2.75. The minimum atomic E-state index is -0.329. The molecule has 0 bridgehead atoms. The number of aromatic nitrogens is 1. The number of aliphatic hydroxyl groups excluding tert-OH is 1. The second-order valence-electron chi connectivity index (χ2n) is 4.85. The molecule has 1 rings (SSSR count). The maximum atomic E-state index is 12.2. The van der Waals surface area contributed by atoms with Crippen LogP contribution < -0.4 is 5.56 Å². The predicted octanol–water partition coefficient (Wildman–Crippen LogP) is 1.23. The van der Waals surface area contributed by atoms with Crippen LogP contribution >= 0.6 is 0 Å². The normalized spacial score (nSPS) is 10.5. The number of aryl methyl sites for hydroxylation is 2. The zero-order valence-corrected chi connectivity index (χ0v) is 11.8. The van der Waals surface area contributed by atoms with Crippen LogP contribution in [0.25, 0.3) is 0 Å². The molecule has 0 saturated heterocycles. The first-order valence-corrected chi connectivity index (χ1v) is 6.54. The largest absolute Gasteiger partial charge is 0.396 e. The first-order chi connectivity index (χ1) is 8.97. The maximum absolute atomic E-state index is 12.2. The summed E-state index contributed by atoms with van der Waals surface area (Å²) in [4.78, 5) is 28.3. The van der Waals surface area contributed by atoms with E-state index < -0.39 is 0 Å². The molecule has 0 aliphatic heterocycles. The van der Waals surface area contributed by atoms with Crippen molar-refractivity contribution in [3.8, 4) is 0 Å². The molecule has 1 aromatic rings. The highest BCUT2D eigenvalue weighted by Gasteiger charge is 2.17. The Bertz CT molecular complexity index is 494. The fourth-order valence-corrected chi connectivity index (χ4v) is 2.05. The molecule has 1 amide bonds. The number of aliphatic hydroxyl groups is 1. The second kappa shape index (κ2) is 7.09. The molecule has 5 heteroatoms. The topological polar surface area (TPSA) is 73.4 Å². The van der Waals surface area contributed by atoms with E-state index in [1.807, 2.05) is 0 Å². The molecular formula is C14H22N2O3. The van der Waals surface area contributed by atoms with Gasteiger partial charge in [0.05, 0.1) is 0 Å². The van der Waals surface area contributed by atoms with E-state index in [1.165, 1.54) is 0 Å². The Morgan fingerprint density at radius 2 is 2.00 bits per heavy atom. The molecule has 0 spiro atoms. The summed E-state index contributed by atoms with van der Waals surface area (Å²) in [6.07, 6.45) is 2.44. The summed E-state index contributed by atoms with van der Waals surface area (Å²) in [6.45, 7) is 4.33. The summed E-state index contributed by atoms with van der Waals surface area (Å²) in [5, 5.41) is 8.69. The molecule has 106 valence electrons. The molecule has 0 aromatic carbocycles. The standard InChI is InChI=1S/C14H22N2O3/c1-10-9-11(2)15-13(18)12(10)14(19)16(3)7-5-4-6-8-17/h9,17H,4-8H2,1-3H3,(H,15,18). The number of rotatable bonds is 6. The monoisotopic (exact) mass is 266 g/mol. The molecule has 0 saturated carbocycles. The summed E-state index contributed by atoms with van der Waals surface area (Å²) >= 11 is 0. The van der Waals surface area contributed by atoms with Gasteiger partial charge in [0.15, 0.2) is 0 Å². The Morgan fingerprint density at radius 1 is 1.32 bits per heavy atom. The van der Waals surface area contributed by atoms with Gasteiger partial charge in [-0.1, -0.05) is 0 Å². The summed E-state index contributed by atoms with van der Waals surface area (Å²) < 4.78 is 0. The van der Waals surface area contributed by atoms with Gasteiger partial charge in [0, 0.05) is 25.9 Å². The molecular weight excluding hydrogens is 244 g/mol. The van der Waals surface area contributed by atoms with Gasteiger partial charge in [-0.2, -0.15) is 0 Å². The van der Waals surface area contributed by atoms with Crippen molar-refractivity contribution in [3.63, 3.8) is 0 Å². The number of amides is 1. The molecule has 0 aliphatic rings. The average molecular weight is 266 g/mol. The van der Waals surface area contributed by atoms with E-state index in [0.29, 0.717) is 12.1 Å². The van der Waals surface area contributed by atoms with Crippen molar-refractivity contribution in [2.24, 2.45) is 0 Å². The number of nitrogens with one attached hydrogen (secondary N) is 1. The fraction of sp³-hybridized carbons (Fsp3) is 0.571. The van der Waals surface area contributed by atoms with Gasteiger partial charge in [-0.05, 0) is 44.7 Å². The Morgan fingerprint density at radius 3 is 2.58 bits per heavy atom. The zero-order valence-electron chi connectivity index (χ0n) is 11.8. The molecule has 2 N–H and O–H groups in total. The molecule has 5 nitrogen and oxygen atoms in total. The third-order valence-corrected chi connectivity index (χ3v) is 3.08. The summed E-state index contributed by atoms with van der Waals surface area (Å²) in [7, 11) is 1.69. The van der Waals surface area contributed by atoms with Gasteiger partial charge >= 0.3 is 0 Å². The van der Waals surface area contributed by atoms with E-state index in [4.69, 9.17) is 5.11 Å². The van der Waals surface area contributed by atoms with Crippen LogP contribution in [0.1, 0.15) is 40.9 Å². The third-order valence-electron chi connectivity index (χ3n) is 3.08. The van der Waals surface area contributed by atoms with Crippen LogP contribution in [0.4, 0.5) is 0 Å². The first-order valence-electron chi connectivity index (χ1n) is 6.54. The van der Waals surface area contributed by atoms with Crippen molar-refractivity contribution >= 4 is 5.91 Å². The number of nitrogens with zero attached hydrogens (tertiary/aromatic N) is 1. The van der Waals surface area contributed by atoms with Gasteiger partial charge in [-0.15, -0.1) is 0 Å². The lowest BCUT2D eigenvalue weighted by molar-refractivity contribution is 0.0789. The SMILES string of the molecule is Cc1cc(C)c(C(=O)N(C)CCCCCO)c(=O)[nH]1. The van der Waals surface area contributed by atoms with Crippen LogP contribution in [0.15, 0.2) is 10.9 Å². The fourth-order valence-electron chi connectivity index (χ4n) is 2.05. The van der Waals surface area contributed by atoms with Gasteiger partial charge in [0.1, 0.15) is 5.56 Å². The van der Waals surface area contributed by atoms with Crippen LogP contribution in [-0.2, 0) is 0 Å². The quantitative estimate of drug-likeness (QED) is 0.760. The molecule has 0 fully saturated rings. The van der Waals surface area contributed by atoms with Gasteiger partial charge in [-0.25, -0.2) is 0 Å². The van der Waals surface area contributed by atoms with E-state index in [2.05, 4.69) is 4.98 Å². The van der Waals surface area contributed by atoms with Gasteiger partial charge < -0.3 is 15.0 Å². The van der Waals surface area contributed by atoms with Crippen molar-refractivity contribution in [1.29, 1.82) is 0 Å². The second-order valence-corrected chi connectivity index (χ2v) is 4.85. The number of pyridine rings is 1. The number of hydrogen-bond acceptors (Lipinski definition) is 3. The van der Waals surface area contributed by atoms with E-state index >= 15 is 0 Å². The number of unbranched alkanes of at least 4 members (excludes halogenated alkanes) is 2. The van der Waals surface area contributed by atoms with Crippen molar-refractivity contribution in [2.45, 2.75) is 33.1 Å². The smallest absolute Gasteiger partial charge is 0.261 e. The Labute approximate surface area is 113 Å². The van der Waals surface area contributed by atoms with Crippen LogP contribution in [-0.4, -0.2) is 41.1 Å². The Kier molecular flexibility index (Phi) is 5.76. The van der Waals surface area contributed by atoms with E-state index in [-0.39, 0.29) is 23.6 Å². The highest BCUT2D eigenvalue weighted by Crippen LogP contribution is 2.07. The number of H-pyrrole nitrogens is 1. The third kappa shape index (κ3) is 4.21. The van der Waals surface area contributed by atoms with Crippen molar-refractivity contribution in [3.05, 3.63) is 33.2 Å². The lowest BCUT2D eigenvalue weighted by atomic mass is 10.1. The van der Waals surface area contributed by atoms with Crippen molar-refractivity contribution in [2.75, 3.05) is 20.2 Å². The number of carbonyl (C=O) groups is 1. The minimum absolute atomic E-state index is 0.175. The maximum Gasteiger partial charge on any atom is 0.261 e. The molecule has 1 heterocycles. The van der Waals surface area contributed by atoms with Gasteiger partial charge in [-0.3, -0.25) is 9.59 Å². The summed E-state index contributed by atoms with van der Waals surface area (Å²) in [5.74, 6) is -0.247. The number of aromatic amines is 1. The molecule has 0 radical (unpaired) electrons. The summed E-state index contributed by atoms with van der Waals surface area (Å²) in [6, 6.07) is 1.80. The summed E-state index contributed by atoms with van der Waals surface area (Å²) in [5.41, 5.74) is 1.35. The van der Waals surface area contributed by atoms with E-state index in [0.717, 1.165) is 25.0 Å². The highest BCUT2D eigenvalue weighted by molar-refractivity contribution is 5.95.